The topological polar surface area (TPSA) is 3.24 Å². The van der Waals surface area contributed by atoms with Crippen molar-refractivity contribution in [1.29, 1.82) is 0 Å². The molecule has 0 radical (unpaired) electrons. The zero-order chi connectivity index (χ0) is 34.5. The molecule has 8 aromatic carbocycles. The molecule has 1 nitrogen and oxygen atoms in total. The minimum Gasteiger partial charge on any atom is -0.310 e. The molecule has 0 N–H and O–H groups in total. The highest BCUT2D eigenvalue weighted by molar-refractivity contribution is 5.90. The fraction of sp³-hybridized carbons (Fsp3) is 0.0800. The molecule has 51 heavy (non-hydrogen) atoms. The van der Waals surface area contributed by atoms with Crippen LogP contribution in [-0.2, 0) is 5.41 Å². The molecule has 244 valence electrons. The van der Waals surface area contributed by atoms with Gasteiger partial charge in [0.05, 0.1) is 0 Å². The van der Waals surface area contributed by atoms with Crippen molar-refractivity contribution in [2.45, 2.75) is 26.2 Å². The summed E-state index contributed by atoms with van der Waals surface area (Å²) in [5, 5.41) is 2.54. The highest BCUT2D eigenvalue weighted by Crippen LogP contribution is 2.51. The molecule has 0 spiro atoms. The van der Waals surface area contributed by atoms with Crippen LogP contribution in [0.15, 0.2) is 182 Å². The summed E-state index contributed by atoms with van der Waals surface area (Å²) in [6.45, 7) is 6.90. The largest absolute Gasteiger partial charge is 0.310 e. The summed E-state index contributed by atoms with van der Waals surface area (Å²) in [6, 6.07) is 66.8. The van der Waals surface area contributed by atoms with Crippen molar-refractivity contribution in [3.63, 3.8) is 0 Å². The van der Waals surface area contributed by atoms with Gasteiger partial charge in [-0.15, -0.1) is 0 Å². The number of aryl methyl sites for hydroxylation is 1. The van der Waals surface area contributed by atoms with Gasteiger partial charge in [-0.25, -0.2) is 0 Å². The number of fused-ring (bicyclic) bond motifs is 4. The first kappa shape index (κ1) is 30.8. The highest BCUT2D eigenvalue weighted by Gasteiger charge is 2.36. The highest BCUT2D eigenvalue weighted by atomic mass is 15.1. The molecule has 0 amide bonds. The van der Waals surface area contributed by atoms with Crippen LogP contribution in [0, 0.1) is 6.92 Å². The molecule has 0 unspecified atom stereocenters. The van der Waals surface area contributed by atoms with E-state index in [1.807, 2.05) is 0 Å². The van der Waals surface area contributed by atoms with Crippen molar-refractivity contribution in [2.75, 3.05) is 4.90 Å². The van der Waals surface area contributed by atoms with Gasteiger partial charge in [0, 0.05) is 22.5 Å². The molecule has 0 atom stereocenters. The first-order valence-corrected chi connectivity index (χ1v) is 17.8. The van der Waals surface area contributed by atoms with Gasteiger partial charge in [-0.3, -0.25) is 0 Å². The van der Waals surface area contributed by atoms with E-state index in [1.54, 1.807) is 0 Å². The molecule has 0 heterocycles. The predicted molar refractivity (Wildman–Crippen MR) is 217 cm³/mol. The summed E-state index contributed by atoms with van der Waals surface area (Å²) >= 11 is 0. The lowest BCUT2D eigenvalue weighted by atomic mass is 9.81. The quantitative estimate of drug-likeness (QED) is 0.173. The Labute approximate surface area is 301 Å². The molecule has 0 saturated carbocycles. The summed E-state index contributed by atoms with van der Waals surface area (Å²) in [5.74, 6) is 0. The Hall–Kier alpha value is -6.18. The molecule has 1 heteroatoms. The molecule has 8 aromatic rings. The third-order valence-electron chi connectivity index (χ3n) is 10.7. The van der Waals surface area contributed by atoms with E-state index in [0.717, 1.165) is 17.1 Å². The molecule has 1 aliphatic carbocycles. The number of hydrogen-bond donors (Lipinski definition) is 0. The van der Waals surface area contributed by atoms with E-state index in [-0.39, 0.29) is 5.41 Å². The molecule has 0 aromatic heterocycles. The Morgan fingerprint density at radius 2 is 0.804 bits per heavy atom. The van der Waals surface area contributed by atoms with Gasteiger partial charge in [0.2, 0.25) is 0 Å². The maximum absolute atomic E-state index is 2.42. The average molecular weight is 654 g/mol. The molecular weight excluding hydrogens is 615 g/mol. The van der Waals surface area contributed by atoms with Crippen molar-refractivity contribution < 1.29 is 0 Å². The summed E-state index contributed by atoms with van der Waals surface area (Å²) in [5.41, 5.74) is 17.3. The SMILES string of the molecule is Cc1ccc(N(c2ccc(-c3ccc(-c4ccccc4)cc3)cc2)c2ccc3c(c2)C(C)(C)c2cc(-c4ccc5ccccc5c4)ccc2-3)cc1. The Morgan fingerprint density at radius 3 is 1.47 bits per heavy atom. The van der Waals surface area contributed by atoms with Gasteiger partial charge >= 0.3 is 0 Å². The number of benzene rings is 8. The second kappa shape index (κ2) is 12.3. The van der Waals surface area contributed by atoms with E-state index in [2.05, 4.69) is 208 Å². The van der Waals surface area contributed by atoms with Gasteiger partial charge in [-0.2, -0.15) is 0 Å². The van der Waals surface area contributed by atoms with E-state index in [0.29, 0.717) is 0 Å². The Morgan fingerprint density at radius 1 is 0.353 bits per heavy atom. The van der Waals surface area contributed by atoms with Crippen molar-refractivity contribution in [3.05, 3.63) is 199 Å². The van der Waals surface area contributed by atoms with Gasteiger partial charge in [0.15, 0.2) is 0 Å². The summed E-state index contributed by atoms with van der Waals surface area (Å²) in [4.78, 5) is 2.39. The van der Waals surface area contributed by atoms with Crippen LogP contribution < -0.4 is 4.90 Å². The van der Waals surface area contributed by atoms with Crippen molar-refractivity contribution in [2.24, 2.45) is 0 Å². The summed E-state index contributed by atoms with van der Waals surface area (Å²) in [6.07, 6.45) is 0. The Bertz CT molecular complexity index is 2520. The minimum absolute atomic E-state index is 0.151. The Balaban J connectivity index is 1.07. The van der Waals surface area contributed by atoms with Crippen LogP contribution in [0.1, 0.15) is 30.5 Å². The lowest BCUT2D eigenvalue weighted by Gasteiger charge is -2.28. The standard InChI is InChI=1S/C50H39N/c1-34-13-24-43(25-14-34)51(44-26-21-39(22-27-44)38-17-15-37(16-18-38)35-9-5-4-6-10-35)45-28-30-47-46-29-23-42(32-48(46)50(2,3)49(47)33-45)41-20-19-36-11-7-8-12-40(36)31-41/h4-33H,1-3H3. The van der Waals surface area contributed by atoms with Gasteiger partial charge < -0.3 is 4.90 Å². The third-order valence-corrected chi connectivity index (χ3v) is 10.7. The number of nitrogens with zero attached hydrogens (tertiary/aromatic N) is 1. The van der Waals surface area contributed by atoms with Crippen LogP contribution in [-0.4, -0.2) is 0 Å². The molecule has 0 aliphatic heterocycles. The van der Waals surface area contributed by atoms with E-state index in [1.165, 1.54) is 72.0 Å². The zero-order valence-corrected chi connectivity index (χ0v) is 29.3. The zero-order valence-electron chi connectivity index (χ0n) is 29.3. The van der Waals surface area contributed by atoms with Crippen molar-refractivity contribution >= 4 is 27.8 Å². The maximum Gasteiger partial charge on any atom is 0.0465 e. The van der Waals surface area contributed by atoms with Crippen LogP contribution in [0.5, 0.6) is 0 Å². The number of rotatable bonds is 6. The predicted octanol–water partition coefficient (Wildman–Crippen LogP) is 13.9. The van der Waals surface area contributed by atoms with Crippen LogP contribution in [0.25, 0.3) is 55.3 Å². The lowest BCUT2D eigenvalue weighted by molar-refractivity contribution is 0.660. The van der Waals surface area contributed by atoms with E-state index < -0.39 is 0 Å². The van der Waals surface area contributed by atoms with E-state index in [4.69, 9.17) is 0 Å². The fourth-order valence-electron chi connectivity index (χ4n) is 7.84. The summed E-state index contributed by atoms with van der Waals surface area (Å²) in [7, 11) is 0. The van der Waals surface area contributed by atoms with Crippen molar-refractivity contribution in [3.8, 4) is 44.5 Å². The lowest BCUT2D eigenvalue weighted by Crippen LogP contribution is -2.16. The molecule has 9 rings (SSSR count). The van der Waals surface area contributed by atoms with Crippen LogP contribution in [0.4, 0.5) is 17.1 Å². The second-order valence-corrected chi connectivity index (χ2v) is 14.3. The second-order valence-electron chi connectivity index (χ2n) is 14.3. The summed E-state index contributed by atoms with van der Waals surface area (Å²) < 4.78 is 0. The normalized spacial score (nSPS) is 12.8. The van der Waals surface area contributed by atoms with Crippen LogP contribution in [0.2, 0.25) is 0 Å². The average Bonchev–Trinajstić information content (AvgIpc) is 3.41. The van der Waals surface area contributed by atoms with Gasteiger partial charge in [-0.05, 0) is 122 Å². The molecule has 0 saturated heterocycles. The fourth-order valence-corrected chi connectivity index (χ4v) is 7.84. The van der Waals surface area contributed by atoms with Crippen LogP contribution in [0.3, 0.4) is 0 Å². The monoisotopic (exact) mass is 653 g/mol. The Kier molecular flexibility index (Phi) is 7.44. The van der Waals surface area contributed by atoms with Crippen LogP contribution >= 0.6 is 0 Å². The first-order chi connectivity index (χ1) is 24.9. The molecule has 0 fully saturated rings. The van der Waals surface area contributed by atoms with Gasteiger partial charge in [0.1, 0.15) is 0 Å². The van der Waals surface area contributed by atoms with Crippen molar-refractivity contribution in [1.82, 2.24) is 0 Å². The van der Waals surface area contributed by atoms with E-state index >= 15 is 0 Å². The molecule has 0 bridgehead atoms. The maximum atomic E-state index is 2.42. The van der Waals surface area contributed by atoms with Gasteiger partial charge in [0.25, 0.3) is 0 Å². The smallest absolute Gasteiger partial charge is 0.0465 e. The third kappa shape index (κ3) is 5.52. The first-order valence-electron chi connectivity index (χ1n) is 17.8. The van der Waals surface area contributed by atoms with Gasteiger partial charge in [-0.1, -0.05) is 153 Å². The van der Waals surface area contributed by atoms with E-state index in [9.17, 15) is 0 Å². The molecular formula is C50H39N. The number of hydrogen-bond acceptors (Lipinski definition) is 1. The molecule has 1 aliphatic rings. The minimum atomic E-state index is -0.151. The number of anilines is 3.